The second kappa shape index (κ2) is 11.0. The molecule has 2 heterocycles. The summed E-state index contributed by atoms with van der Waals surface area (Å²) in [5.74, 6) is 0.190. The highest BCUT2D eigenvalue weighted by Gasteiger charge is 2.32. The molecule has 3 aromatic rings. The van der Waals surface area contributed by atoms with Crippen molar-refractivity contribution in [1.82, 2.24) is 20.0 Å². The lowest BCUT2D eigenvalue weighted by Crippen LogP contribution is -2.52. The molecular formula is C25H25ClF3N5O. The van der Waals surface area contributed by atoms with Crippen molar-refractivity contribution in [3.63, 3.8) is 0 Å². The number of carbonyl (C=O) groups excluding carboxylic acids is 1. The minimum Gasteiger partial charge on any atom is -0.359 e. The van der Waals surface area contributed by atoms with Gasteiger partial charge in [-0.05, 0) is 5.56 Å². The maximum Gasteiger partial charge on any atom is 0.401 e. The Morgan fingerprint density at radius 2 is 1.57 bits per heavy atom. The summed E-state index contributed by atoms with van der Waals surface area (Å²) in [4.78, 5) is 15.6. The molecule has 6 nitrogen and oxygen atoms in total. The zero-order valence-corrected chi connectivity index (χ0v) is 19.7. The van der Waals surface area contributed by atoms with Crippen LogP contribution in [0.25, 0.3) is 11.3 Å². The van der Waals surface area contributed by atoms with Crippen molar-refractivity contribution < 1.29 is 18.0 Å². The molecule has 2 aromatic carbocycles. The van der Waals surface area contributed by atoms with Gasteiger partial charge in [0.15, 0.2) is 5.82 Å². The van der Waals surface area contributed by atoms with E-state index in [-0.39, 0.29) is 38.6 Å². The van der Waals surface area contributed by atoms with Crippen LogP contribution in [0.1, 0.15) is 11.1 Å². The van der Waals surface area contributed by atoms with Crippen molar-refractivity contribution in [2.75, 3.05) is 44.6 Å². The SMILES string of the molecule is O=C(CNc1nnc(-c2ccccc2)c(Cl)c1Cc1ccccc1)N1CCN(CC(F)(F)F)CC1. The monoisotopic (exact) mass is 503 g/mol. The maximum absolute atomic E-state index is 12.7. The number of anilines is 1. The number of amides is 1. The molecule has 35 heavy (non-hydrogen) atoms. The Labute approximate surface area is 206 Å². The van der Waals surface area contributed by atoms with Crippen molar-refractivity contribution in [3.05, 3.63) is 76.8 Å². The second-order valence-electron chi connectivity index (χ2n) is 8.34. The zero-order chi connectivity index (χ0) is 24.8. The summed E-state index contributed by atoms with van der Waals surface area (Å²) in [6.07, 6.45) is -3.76. The van der Waals surface area contributed by atoms with E-state index >= 15 is 0 Å². The van der Waals surface area contributed by atoms with Crippen LogP contribution in [0.3, 0.4) is 0 Å². The molecule has 0 atom stereocenters. The predicted molar refractivity (Wildman–Crippen MR) is 129 cm³/mol. The summed E-state index contributed by atoms with van der Waals surface area (Å²) in [7, 11) is 0. The van der Waals surface area contributed by atoms with Crippen molar-refractivity contribution >= 4 is 23.3 Å². The third-order valence-corrected chi connectivity index (χ3v) is 6.22. The summed E-state index contributed by atoms with van der Waals surface area (Å²) in [6.45, 7) is -0.168. The number of hydrogen-bond donors (Lipinski definition) is 1. The van der Waals surface area contributed by atoms with Crippen LogP contribution in [0, 0.1) is 0 Å². The van der Waals surface area contributed by atoms with Gasteiger partial charge in [-0.1, -0.05) is 72.3 Å². The highest BCUT2D eigenvalue weighted by atomic mass is 35.5. The number of nitrogens with zero attached hydrogens (tertiary/aromatic N) is 4. The van der Waals surface area contributed by atoms with Gasteiger partial charge < -0.3 is 10.2 Å². The molecule has 0 aliphatic carbocycles. The lowest BCUT2D eigenvalue weighted by Gasteiger charge is -2.35. The molecule has 4 rings (SSSR count). The molecule has 1 aliphatic heterocycles. The number of aromatic nitrogens is 2. The van der Waals surface area contributed by atoms with E-state index in [1.165, 1.54) is 4.90 Å². The first kappa shape index (κ1) is 24.9. The molecule has 1 amide bonds. The standard InChI is InChI=1S/C25H25ClF3N5O/c26-22-20(15-18-7-3-1-4-8-18)24(32-31-23(22)19-9-5-2-6-10-19)30-16-21(35)34-13-11-33(12-14-34)17-25(27,28)29/h1-10H,11-17H2,(H,30,32). The van der Waals surface area contributed by atoms with Crippen molar-refractivity contribution in [2.45, 2.75) is 12.6 Å². The average Bonchev–Trinajstić information content (AvgIpc) is 2.85. The van der Waals surface area contributed by atoms with Gasteiger partial charge in [0, 0.05) is 43.7 Å². The quantitative estimate of drug-likeness (QED) is 0.514. The summed E-state index contributed by atoms with van der Waals surface area (Å²) < 4.78 is 37.8. The summed E-state index contributed by atoms with van der Waals surface area (Å²) in [6, 6.07) is 19.2. The van der Waals surface area contributed by atoms with Crippen LogP contribution >= 0.6 is 11.6 Å². The van der Waals surface area contributed by atoms with Gasteiger partial charge in [-0.3, -0.25) is 9.69 Å². The number of piperazine rings is 1. The number of rotatable bonds is 7. The van der Waals surface area contributed by atoms with Crippen molar-refractivity contribution in [1.29, 1.82) is 0 Å². The van der Waals surface area contributed by atoms with Crippen LogP contribution in [0.5, 0.6) is 0 Å². The predicted octanol–water partition coefficient (Wildman–Crippen LogP) is 4.51. The third kappa shape index (κ3) is 6.70. The molecule has 1 aromatic heterocycles. The van der Waals surface area contributed by atoms with E-state index in [1.807, 2.05) is 60.7 Å². The molecule has 0 spiro atoms. The first-order chi connectivity index (χ1) is 16.8. The Morgan fingerprint density at radius 3 is 2.20 bits per heavy atom. The molecule has 1 fully saturated rings. The first-order valence-electron chi connectivity index (χ1n) is 11.3. The fourth-order valence-electron chi connectivity index (χ4n) is 4.02. The normalized spacial score (nSPS) is 14.7. The van der Waals surface area contributed by atoms with E-state index in [9.17, 15) is 18.0 Å². The van der Waals surface area contributed by atoms with Crippen LogP contribution in [-0.4, -0.2) is 71.3 Å². The number of nitrogens with one attached hydrogen (secondary N) is 1. The van der Waals surface area contributed by atoms with E-state index in [0.717, 1.165) is 16.7 Å². The van der Waals surface area contributed by atoms with Gasteiger partial charge >= 0.3 is 6.18 Å². The van der Waals surface area contributed by atoms with E-state index < -0.39 is 12.7 Å². The second-order valence-corrected chi connectivity index (χ2v) is 8.72. The van der Waals surface area contributed by atoms with Gasteiger partial charge in [0.1, 0.15) is 5.69 Å². The summed E-state index contributed by atoms with van der Waals surface area (Å²) >= 11 is 6.80. The molecule has 0 radical (unpaired) electrons. The molecule has 1 aliphatic rings. The molecule has 1 N–H and O–H groups in total. The first-order valence-corrected chi connectivity index (χ1v) is 11.6. The van der Waals surface area contributed by atoms with Gasteiger partial charge in [0.25, 0.3) is 0 Å². The molecule has 184 valence electrons. The van der Waals surface area contributed by atoms with E-state index in [2.05, 4.69) is 15.5 Å². The fraction of sp³-hybridized carbons (Fsp3) is 0.320. The average molecular weight is 504 g/mol. The third-order valence-electron chi connectivity index (χ3n) is 5.81. The molecule has 10 heteroatoms. The minimum atomic E-state index is -4.24. The number of alkyl halides is 3. The van der Waals surface area contributed by atoms with Gasteiger partial charge in [-0.15, -0.1) is 10.2 Å². The zero-order valence-electron chi connectivity index (χ0n) is 18.9. The largest absolute Gasteiger partial charge is 0.401 e. The van der Waals surface area contributed by atoms with Gasteiger partial charge in [0.2, 0.25) is 5.91 Å². The van der Waals surface area contributed by atoms with Crippen LogP contribution in [0.2, 0.25) is 5.02 Å². The Balaban J connectivity index is 1.48. The van der Waals surface area contributed by atoms with Gasteiger partial charge in [0.05, 0.1) is 18.1 Å². The maximum atomic E-state index is 12.7. The molecule has 0 unspecified atom stereocenters. The van der Waals surface area contributed by atoms with Crippen molar-refractivity contribution in [2.24, 2.45) is 0 Å². The Hall–Kier alpha value is -3.17. The highest BCUT2D eigenvalue weighted by Crippen LogP contribution is 2.33. The van der Waals surface area contributed by atoms with E-state index in [1.54, 1.807) is 4.90 Å². The number of benzene rings is 2. The minimum absolute atomic E-state index is 0.0588. The lowest BCUT2D eigenvalue weighted by molar-refractivity contribution is -0.151. The molecule has 0 saturated carbocycles. The van der Waals surface area contributed by atoms with E-state index in [4.69, 9.17) is 11.6 Å². The fourth-order valence-corrected chi connectivity index (χ4v) is 4.32. The smallest absolute Gasteiger partial charge is 0.359 e. The highest BCUT2D eigenvalue weighted by molar-refractivity contribution is 6.34. The van der Waals surface area contributed by atoms with Gasteiger partial charge in [-0.2, -0.15) is 13.2 Å². The van der Waals surface area contributed by atoms with Crippen LogP contribution in [-0.2, 0) is 11.2 Å². The molecular weight excluding hydrogens is 479 g/mol. The molecule has 0 bridgehead atoms. The molecule has 1 saturated heterocycles. The van der Waals surface area contributed by atoms with Crippen molar-refractivity contribution in [3.8, 4) is 11.3 Å². The number of carbonyl (C=O) groups is 1. The van der Waals surface area contributed by atoms with Crippen LogP contribution < -0.4 is 5.32 Å². The number of hydrogen-bond acceptors (Lipinski definition) is 5. The summed E-state index contributed by atoms with van der Waals surface area (Å²) in [5.41, 5.74) is 3.13. The van der Waals surface area contributed by atoms with Crippen LogP contribution in [0.4, 0.5) is 19.0 Å². The van der Waals surface area contributed by atoms with Gasteiger partial charge in [-0.25, -0.2) is 0 Å². The Morgan fingerprint density at radius 1 is 0.943 bits per heavy atom. The van der Waals surface area contributed by atoms with Crippen LogP contribution in [0.15, 0.2) is 60.7 Å². The van der Waals surface area contributed by atoms with E-state index in [0.29, 0.717) is 23.0 Å². The number of halogens is 4. The lowest BCUT2D eigenvalue weighted by atomic mass is 10.0. The summed E-state index contributed by atoms with van der Waals surface area (Å²) in [5, 5.41) is 12.1. The Bertz CT molecular complexity index is 1140. The Kier molecular flexibility index (Phi) is 7.87. The topological polar surface area (TPSA) is 61.4 Å².